The Morgan fingerprint density at radius 2 is 1.70 bits per heavy atom. The molecule has 1 N–H and O–H groups in total. The second-order valence-corrected chi connectivity index (χ2v) is 6.84. The van der Waals surface area contributed by atoms with Gasteiger partial charge < -0.3 is 15.0 Å². The van der Waals surface area contributed by atoms with Gasteiger partial charge in [-0.3, -0.25) is 14.5 Å². The number of hydrogen-bond donors (Lipinski definition) is 1. The molecule has 0 aromatic heterocycles. The Bertz CT molecular complexity index is 667. The van der Waals surface area contributed by atoms with Gasteiger partial charge in [0.1, 0.15) is 5.75 Å². The first kappa shape index (κ1) is 19.5. The molecule has 1 aromatic rings. The number of benzene rings is 1. The lowest BCUT2D eigenvalue weighted by Gasteiger charge is -2.34. The number of nitrogens with zero attached hydrogens (tertiary/aromatic N) is 2. The van der Waals surface area contributed by atoms with E-state index >= 15 is 0 Å². The summed E-state index contributed by atoms with van der Waals surface area (Å²) in [5.74, 6) is -0.0958. The molecule has 3 rings (SSSR count). The number of alkyl halides is 3. The molecule has 1 saturated carbocycles. The van der Waals surface area contributed by atoms with Crippen LogP contribution in [-0.2, 0) is 4.79 Å². The molecule has 6 nitrogen and oxygen atoms in total. The van der Waals surface area contributed by atoms with Crippen LogP contribution in [0.3, 0.4) is 0 Å². The molecule has 2 fully saturated rings. The zero-order valence-corrected chi connectivity index (χ0v) is 14.8. The molecule has 0 spiro atoms. The molecule has 0 bridgehead atoms. The number of carbonyl (C=O) groups excluding carboxylic acids is 2. The average Bonchev–Trinajstić information content (AvgIpc) is 3.44. The van der Waals surface area contributed by atoms with Crippen LogP contribution in [0.5, 0.6) is 5.75 Å². The van der Waals surface area contributed by atoms with E-state index in [0.717, 1.165) is 12.8 Å². The zero-order valence-electron chi connectivity index (χ0n) is 14.8. The van der Waals surface area contributed by atoms with E-state index < -0.39 is 12.8 Å². The maximum absolute atomic E-state index is 12.5. The summed E-state index contributed by atoms with van der Waals surface area (Å²) in [5, 5.41) is 2.94. The lowest BCUT2D eigenvalue weighted by molar-refractivity contribution is -0.153. The molecule has 1 aromatic carbocycles. The van der Waals surface area contributed by atoms with Crippen molar-refractivity contribution in [2.75, 3.05) is 39.3 Å². The minimum Gasteiger partial charge on any atom is -0.484 e. The standard InChI is InChI=1S/C18H22F3N3O3/c19-18(20,21)12-27-15-5-1-13(2-6-15)17(26)24-9-7-23(8-10-24)11-16(25)22-14-3-4-14/h1-2,5-6,14H,3-4,7-12H2,(H,22,25). The van der Waals surface area contributed by atoms with Crippen molar-refractivity contribution in [1.82, 2.24) is 15.1 Å². The van der Waals surface area contributed by atoms with E-state index in [1.165, 1.54) is 24.3 Å². The number of ether oxygens (including phenoxy) is 1. The van der Waals surface area contributed by atoms with Gasteiger partial charge in [0.05, 0.1) is 6.54 Å². The van der Waals surface area contributed by atoms with Gasteiger partial charge >= 0.3 is 6.18 Å². The Hall–Kier alpha value is -2.29. The molecule has 1 heterocycles. The second kappa shape index (κ2) is 8.16. The lowest BCUT2D eigenvalue weighted by Crippen LogP contribution is -2.51. The predicted octanol–water partition coefficient (Wildman–Crippen LogP) is 1.66. The Morgan fingerprint density at radius 1 is 1.07 bits per heavy atom. The molecule has 148 valence electrons. The van der Waals surface area contributed by atoms with E-state index in [4.69, 9.17) is 0 Å². The van der Waals surface area contributed by atoms with Crippen molar-refractivity contribution in [3.05, 3.63) is 29.8 Å². The number of piperazine rings is 1. The number of amides is 2. The minimum atomic E-state index is -4.40. The van der Waals surface area contributed by atoms with Crippen molar-refractivity contribution in [2.45, 2.75) is 25.1 Å². The number of hydrogen-bond acceptors (Lipinski definition) is 4. The van der Waals surface area contributed by atoms with E-state index in [1.807, 2.05) is 4.90 Å². The number of halogens is 3. The highest BCUT2D eigenvalue weighted by atomic mass is 19.4. The quantitative estimate of drug-likeness (QED) is 0.809. The van der Waals surface area contributed by atoms with Crippen LogP contribution in [0.4, 0.5) is 13.2 Å². The Balaban J connectivity index is 1.45. The Morgan fingerprint density at radius 3 is 2.26 bits per heavy atom. The van der Waals surface area contributed by atoms with Crippen LogP contribution >= 0.6 is 0 Å². The van der Waals surface area contributed by atoms with Gasteiger partial charge in [0.2, 0.25) is 5.91 Å². The van der Waals surface area contributed by atoms with Crippen LogP contribution in [0, 0.1) is 0 Å². The summed E-state index contributed by atoms with van der Waals surface area (Å²) in [6.07, 6.45) is -2.30. The fraction of sp³-hybridized carbons (Fsp3) is 0.556. The summed E-state index contributed by atoms with van der Waals surface area (Å²) in [5.41, 5.74) is 0.397. The van der Waals surface area contributed by atoms with E-state index in [-0.39, 0.29) is 17.6 Å². The van der Waals surface area contributed by atoms with Gasteiger partial charge in [0, 0.05) is 37.8 Å². The molecule has 2 amide bonds. The third kappa shape index (κ3) is 6.13. The molecule has 27 heavy (non-hydrogen) atoms. The molecule has 1 saturated heterocycles. The van der Waals surface area contributed by atoms with Gasteiger partial charge in [0.15, 0.2) is 6.61 Å². The highest BCUT2D eigenvalue weighted by molar-refractivity contribution is 5.94. The largest absolute Gasteiger partial charge is 0.484 e. The molecular weight excluding hydrogens is 363 g/mol. The van der Waals surface area contributed by atoms with Crippen LogP contribution < -0.4 is 10.1 Å². The first-order valence-electron chi connectivity index (χ1n) is 8.91. The van der Waals surface area contributed by atoms with Gasteiger partial charge in [-0.25, -0.2) is 0 Å². The van der Waals surface area contributed by atoms with Gasteiger partial charge in [-0.1, -0.05) is 0 Å². The van der Waals surface area contributed by atoms with Crippen LogP contribution in [0.2, 0.25) is 0 Å². The van der Waals surface area contributed by atoms with Crippen LogP contribution in [0.15, 0.2) is 24.3 Å². The SMILES string of the molecule is O=C(CN1CCN(C(=O)c2ccc(OCC(F)(F)F)cc2)CC1)NC1CC1. The first-order chi connectivity index (χ1) is 12.8. The summed E-state index contributed by atoms with van der Waals surface area (Å²) < 4.78 is 41.1. The average molecular weight is 385 g/mol. The first-order valence-corrected chi connectivity index (χ1v) is 8.91. The summed E-state index contributed by atoms with van der Waals surface area (Å²) in [7, 11) is 0. The molecule has 0 unspecified atom stereocenters. The predicted molar refractivity (Wildman–Crippen MR) is 91.5 cm³/mol. The van der Waals surface area contributed by atoms with Gasteiger partial charge in [0.25, 0.3) is 5.91 Å². The van der Waals surface area contributed by atoms with E-state index in [1.54, 1.807) is 4.90 Å². The smallest absolute Gasteiger partial charge is 0.422 e. The van der Waals surface area contributed by atoms with Gasteiger partial charge in [-0.15, -0.1) is 0 Å². The molecule has 1 aliphatic carbocycles. The summed E-state index contributed by atoms with van der Waals surface area (Å²) in [6.45, 7) is 1.19. The minimum absolute atomic E-state index is 0.0201. The van der Waals surface area contributed by atoms with Gasteiger partial charge in [-0.05, 0) is 37.1 Å². The number of rotatable bonds is 6. The van der Waals surface area contributed by atoms with Crippen molar-refractivity contribution >= 4 is 11.8 Å². The summed E-state index contributed by atoms with van der Waals surface area (Å²) in [6, 6.07) is 5.98. The van der Waals surface area contributed by atoms with Crippen LogP contribution in [0.25, 0.3) is 0 Å². The fourth-order valence-electron chi connectivity index (χ4n) is 2.85. The molecule has 1 aliphatic heterocycles. The third-order valence-electron chi connectivity index (χ3n) is 4.47. The maximum atomic E-state index is 12.5. The van der Waals surface area contributed by atoms with Crippen molar-refractivity contribution in [2.24, 2.45) is 0 Å². The summed E-state index contributed by atoms with van der Waals surface area (Å²) in [4.78, 5) is 28.0. The van der Waals surface area contributed by atoms with E-state index in [0.29, 0.717) is 44.3 Å². The van der Waals surface area contributed by atoms with Crippen LogP contribution in [0.1, 0.15) is 23.2 Å². The molecule has 0 radical (unpaired) electrons. The van der Waals surface area contributed by atoms with Gasteiger partial charge in [-0.2, -0.15) is 13.2 Å². The molecular formula is C18H22F3N3O3. The zero-order chi connectivity index (χ0) is 19.4. The second-order valence-electron chi connectivity index (χ2n) is 6.84. The lowest BCUT2D eigenvalue weighted by atomic mass is 10.1. The normalized spacial score (nSPS) is 18.3. The van der Waals surface area contributed by atoms with Crippen molar-refractivity contribution in [1.29, 1.82) is 0 Å². The highest BCUT2D eigenvalue weighted by Crippen LogP contribution is 2.20. The molecule has 0 atom stereocenters. The molecule has 9 heteroatoms. The van der Waals surface area contributed by atoms with E-state index in [9.17, 15) is 22.8 Å². The summed E-state index contributed by atoms with van der Waals surface area (Å²) >= 11 is 0. The maximum Gasteiger partial charge on any atom is 0.422 e. The number of carbonyl (C=O) groups is 2. The van der Waals surface area contributed by atoms with Crippen LogP contribution in [-0.4, -0.2) is 73.2 Å². The monoisotopic (exact) mass is 385 g/mol. The fourth-order valence-corrected chi connectivity index (χ4v) is 2.85. The number of nitrogens with one attached hydrogen (secondary N) is 1. The third-order valence-corrected chi connectivity index (χ3v) is 4.47. The van der Waals surface area contributed by atoms with Crippen molar-refractivity contribution < 1.29 is 27.5 Å². The molecule has 2 aliphatic rings. The van der Waals surface area contributed by atoms with E-state index in [2.05, 4.69) is 10.1 Å². The Labute approximate surface area is 155 Å². The Kier molecular flexibility index (Phi) is 5.88. The van der Waals surface area contributed by atoms with Crippen molar-refractivity contribution in [3.63, 3.8) is 0 Å². The topological polar surface area (TPSA) is 61.9 Å². The highest BCUT2D eigenvalue weighted by Gasteiger charge is 2.29. The van der Waals surface area contributed by atoms with Crippen molar-refractivity contribution in [3.8, 4) is 5.75 Å².